The lowest BCUT2D eigenvalue weighted by Gasteiger charge is -2.34. The number of hydrogen-bond acceptors (Lipinski definition) is 9. The first-order valence-corrected chi connectivity index (χ1v) is 20.0. The first-order valence-electron chi connectivity index (χ1n) is 13.8. The first-order chi connectivity index (χ1) is 17.6. The third kappa shape index (κ3) is 20.6. The summed E-state index contributed by atoms with van der Waals surface area (Å²) in [5, 5.41) is 26.3. The molecule has 38 heavy (non-hydrogen) atoms. The molecule has 0 bridgehead atoms. The minimum Gasteiger partial charge on any atom is -0.460 e. The van der Waals surface area contributed by atoms with E-state index in [9.17, 15) is 19.8 Å². The number of unbranched alkanes of at least 4 members (excludes halogenated alkanes) is 2. The average molecular weight is 575 g/mol. The van der Waals surface area contributed by atoms with Gasteiger partial charge < -0.3 is 34.4 Å². The van der Waals surface area contributed by atoms with Crippen molar-refractivity contribution >= 4 is 28.6 Å². The number of ether oxygens (including phenoxy) is 2. The smallest absolute Gasteiger partial charge is 0.333 e. The molecule has 0 radical (unpaired) electrons. The van der Waals surface area contributed by atoms with Gasteiger partial charge in [0.2, 0.25) is 0 Å². The molecule has 9 nitrogen and oxygen atoms in total. The van der Waals surface area contributed by atoms with Crippen molar-refractivity contribution in [2.24, 2.45) is 0 Å². The highest BCUT2D eigenvalue weighted by molar-refractivity contribution is 6.84. The molecule has 0 aliphatic carbocycles. The number of carbonyl (C=O) groups excluding carboxylic acids is 2. The second kappa shape index (κ2) is 19.7. The van der Waals surface area contributed by atoms with E-state index in [0.29, 0.717) is 30.7 Å². The number of carbonyl (C=O) groups is 2. The van der Waals surface area contributed by atoms with Crippen LogP contribution in [0.25, 0.3) is 0 Å². The van der Waals surface area contributed by atoms with E-state index in [2.05, 4.69) is 50.0 Å². The van der Waals surface area contributed by atoms with Crippen LogP contribution in [0, 0.1) is 0 Å². The molecule has 0 aromatic heterocycles. The summed E-state index contributed by atoms with van der Waals surface area (Å²) >= 11 is 0. The van der Waals surface area contributed by atoms with Crippen molar-refractivity contribution in [1.29, 1.82) is 0 Å². The van der Waals surface area contributed by atoms with Crippen LogP contribution >= 0.6 is 0 Å². The Kier molecular flexibility index (Phi) is 19.0. The quantitative estimate of drug-likeness (QED) is 0.0628. The standard InChI is InChI=1S/C27H54N2O7Si2/c1-22(2)26(32)34-20-24(30)13-16-28-14-9-11-17-37(5,6)36-38(7,8)18-12-10-15-29-19-25(31)21-35-27(33)23(3)4/h24-25,28-31H,1,3,9-21H2,2,4-8H3. The van der Waals surface area contributed by atoms with E-state index >= 15 is 0 Å². The fraction of sp³-hybridized carbons (Fsp3) is 0.778. The van der Waals surface area contributed by atoms with Crippen LogP contribution in [0.15, 0.2) is 24.3 Å². The molecule has 0 amide bonds. The number of esters is 2. The number of aliphatic hydroxyl groups is 2. The normalized spacial score (nSPS) is 13.6. The zero-order valence-electron chi connectivity index (χ0n) is 24.7. The van der Waals surface area contributed by atoms with Gasteiger partial charge >= 0.3 is 11.9 Å². The van der Waals surface area contributed by atoms with E-state index in [1.165, 1.54) is 0 Å². The van der Waals surface area contributed by atoms with Gasteiger partial charge in [-0.2, -0.15) is 0 Å². The predicted octanol–water partition coefficient (Wildman–Crippen LogP) is 3.50. The molecule has 0 rings (SSSR count). The van der Waals surface area contributed by atoms with Crippen molar-refractivity contribution in [2.75, 3.05) is 39.4 Å². The van der Waals surface area contributed by atoms with Gasteiger partial charge in [0, 0.05) is 17.7 Å². The molecule has 0 fully saturated rings. The Morgan fingerprint density at radius 3 is 1.66 bits per heavy atom. The van der Waals surface area contributed by atoms with E-state index in [1.54, 1.807) is 13.8 Å². The molecule has 11 heteroatoms. The molecule has 0 aliphatic rings. The fourth-order valence-electron chi connectivity index (χ4n) is 3.85. The molecule has 2 atom stereocenters. The monoisotopic (exact) mass is 574 g/mol. The van der Waals surface area contributed by atoms with Gasteiger partial charge in [0.05, 0.1) is 6.10 Å². The first kappa shape index (κ1) is 36.7. The second-order valence-corrected chi connectivity index (χ2v) is 20.2. The van der Waals surface area contributed by atoms with Crippen LogP contribution in [0.3, 0.4) is 0 Å². The Balaban J connectivity index is 3.90. The molecule has 0 saturated carbocycles. The fourth-order valence-corrected chi connectivity index (χ4v) is 12.8. The summed E-state index contributed by atoms with van der Waals surface area (Å²) in [7, 11) is -3.47. The maximum absolute atomic E-state index is 11.4. The van der Waals surface area contributed by atoms with Gasteiger partial charge in [0.25, 0.3) is 0 Å². The average Bonchev–Trinajstić information content (AvgIpc) is 2.81. The summed E-state index contributed by atoms with van der Waals surface area (Å²) in [4.78, 5) is 22.7. The van der Waals surface area contributed by atoms with Crippen LogP contribution in [-0.4, -0.2) is 90.4 Å². The maximum Gasteiger partial charge on any atom is 0.333 e. The number of rotatable bonds is 23. The van der Waals surface area contributed by atoms with Crippen LogP contribution in [0.5, 0.6) is 0 Å². The van der Waals surface area contributed by atoms with Crippen molar-refractivity contribution in [2.45, 2.75) is 96.4 Å². The largest absolute Gasteiger partial charge is 0.460 e. The van der Waals surface area contributed by atoms with Crippen LogP contribution in [0.1, 0.15) is 46.0 Å². The molecule has 0 saturated heterocycles. The SMILES string of the molecule is C=C(C)C(=O)OCC(O)CCNCCCC[Si](C)(C)O[Si](C)(C)CCCCNCC(O)COC(=O)C(=C)C. The molecule has 4 N–H and O–H groups in total. The minimum atomic E-state index is -1.74. The predicted molar refractivity (Wildman–Crippen MR) is 158 cm³/mol. The van der Waals surface area contributed by atoms with Gasteiger partial charge in [-0.05, 0) is 91.0 Å². The van der Waals surface area contributed by atoms with E-state index in [0.717, 1.165) is 50.9 Å². The lowest BCUT2D eigenvalue weighted by molar-refractivity contribution is -0.142. The summed E-state index contributed by atoms with van der Waals surface area (Å²) in [5.41, 5.74) is 0.660. The van der Waals surface area contributed by atoms with Crippen LogP contribution < -0.4 is 10.6 Å². The van der Waals surface area contributed by atoms with E-state index < -0.39 is 40.8 Å². The van der Waals surface area contributed by atoms with Gasteiger partial charge in [-0.25, -0.2) is 9.59 Å². The van der Waals surface area contributed by atoms with Crippen molar-refractivity contribution in [3.8, 4) is 0 Å². The topological polar surface area (TPSA) is 126 Å². The van der Waals surface area contributed by atoms with Crippen molar-refractivity contribution in [1.82, 2.24) is 10.6 Å². The highest BCUT2D eigenvalue weighted by Crippen LogP contribution is 2.24. The lowest BCUT2D eigenvalue weighted by Crippen LogP contribution is -2.44. The van der Waals surface area contributed by atoms with Gasteiger partial charge in [0.15, 0.2) is 16.6 Å². The zero-order chi connectivity index (χ0) is 29.2. The zero-order valence-corrected chi connectivity index (χ0v) is 26.7. The summed E-state index contributed by atoms with van der Waals surface area (Å²) in [5.74, 6) is -0.949. The molecule has 0 aromatic rings. The lowest BCUT2D eigenvalue weighted by atomic mass is 10.2. The third-order valence-corrected chi connectivity index (χ3v) is 13.4. The van der Waals surface area contributed by atoms with E-state index in [1.807, 2.05) is 0 Å². The molecular formula is C27H54N2O7Si2. The van der Waals surface area contributed by atoms with Crippen molar-refractivity contribution in [3.05, 3.63) is 24.3 Å². The molecule has 0 spiro atoms. The van der Waals surface area contributed by atoms with Gasteiger partial charge in [-0.1, -0.05) is 26.0 Å². The van der Waals surface area contributed by atoms with Crippen LogP contribution in [0.4, 0.5) is 0 Å². The molecular weight excluding hydrogens is 520 g/mol. The Hall–Kier alpha value is -1.35. The third-order valence-electron chi connectivity index (χ3n) is 5.86. The Bertz CT molecular complexity index is 732. The summed E-state index contributed by atoms with van der Waals surface area (Å²) < 4.78 is 16.6. The second-order valence-electron chi connectivity index (χ2n) is 11.3. The number of hydrogen-bond donors (Lipinski definition) is 4. The highest BCUT2D eigenvalue weighted by Gasteiger charge is 2.32. The van der Waals surface area contributed by atoms with Crippen molar-refractivity contribution in [3.63, 3.8) is 0 Å². The van der Waals surface area contributed by atoms with E-state index in [-0.39, 0.29) is 13.2 Å². The number of nitrogens with one attached hydrogen (secondary N) is 2. The summed E-state index contributed by atoms with van der Waals surface area (Å²) in [6.45, 7) is 22.2. The van der Waals surface area contributed by atoms with Crippen LogP contribution in [-0.2, 0) is 23.2 Å². The van der Waals surface area contributed by atoms with Crippen molar-refractivity contribution < 1.29 is 33.4 Å². The molecule has 2 unspecified atom stereocenters. The van der Waals surface area contributed by atoms with E-state index in [4.69, 9.17) is 13.6 Å². The Labute approximate surface area is 232 Å². The Morgan fingerprint density at radius 1 is 0.737 bits per heavy atom. The maximum atomic E-state index is 11.4. The summed E-state index contributed by atoms with van der Waals surface area (Å²) in [6.07, 6.45) is 3.41. The summed E-state index contributed by atoms with van der Waals surface area (Å²) in [6, 6.07) is 2.23. The Morgan fingerprint density at radius 2 is 1.18 bits per heavy atom. The number of aliphatic hydroxyl groups excluding tert-OH is 2. The minimum absolute atomic E-state index is 0.00139. The van der Waals surface area contributed by atoms with Gasteiger partial charge in [-0.3, -0.25) is 0 Å². The highest BCUT2D eigenvalue weighted by atomic mass is 28.4. The van der Waals surface area contributed by atoms with Gasteiger partial charge in [0.1, 0.15) is 19.3 Å². The van der Waals surface area contributed by atoms with Gasteiger partial charge in [-0.15, -0.1) is 0 Å². The molecule has 0 aliphatic heterocycles. The molecule has 0 heterocycles. The van der Waals surface area contributed by atoms with Crippen LogP contribution in [0.2, 0.25) is 38.3 Å². The molecule has 222 valence electrons. The molecule has 0 aromatic carbocycles.